The van der Waals surface area contributed by atoms with Crippen LogP contribution in [0.5, 0.6) is 0 Å². The summed E-state index contributed by atoms with van der Waals surface area (Å²) in [7, 11) is 0. The summed E-state index contributed by atoms with van der Waals surface area (Å²) in [5.41, 5.74) is 1.68. The van der Waals surface area contributed by atoms with Crippen LogP contribution in [-0.2, 0) is 9.59 Å². The van der Waals surface area contributed by atoms with Crippen LogP contribution < -0.4 is 4.90 Å². The highest BCUT2D eigenvalue weighted by atomic mass is 35.5. The predicted molar refractivity (Wildman–Crippen MR) is 93.8 cm³/mol. The third-order valence-electron chi connectivity index (χ3n) is 4.19. The summed E-state index contributed by atoms with van der Waals surface area (Å²) in [5.74, 6) is -0.0376. The molecule has 0 aliphatic carbocycles. The van der Waals surface area contributed by atoms with Gasteiger partial charge in [-0.05, 0) is 38.5 Å². The average Bonchev–Trinajstić information content (AvgIpc) is 3.00. The number of hydrogen-bond donors (Lipinski definition) is 0. The topological polar surface area (TPSA) is 40.6 Å². The fraction of sp³-hybridized carbons (Fsp3) is 0.412. The molecule has 3 rings (SSSR count). The summed E-state index contributed by atoms with van der Waals surface area (Å²) >= 11 is 7.56. The molecule has 122 valence electrons. The van der Waals surface area contributed by atoms with Gasteiger partial charge in [0.1, 0.15) is 0 Å². The van der Waals surface area contributed by atoms with Gasteiger partial charge < -0.3 is 4.90 Å². The van der Waals surface area contributed by atoms with Crippen molar-refractivity contribution in [2.75, 3.05) is 18.0 Å². The van der Waals surface area contributed by atoms with Crippen LogP contribution in [-0.4, -0.2) is 34.7 Å². The molecule has 1 atom stereocenters. The number of halogens is 1. The molecule has 0 spiro atoms. The van der Waals surface area contributed by atoms with Gasteiger partial charge in [0.15, 0.2) is 4.87 Å². The number of nitrogens with zero attached hydrogens (tertiary/aromatic N) is 2. The standard InChI is InChI=1S/C17H19ClN2O2S/c1-4-19(10-11(2)3)16(22)17-8-7-15(21)20(17)13-9-12(18)5-6-14(13)23-17/h5-6,9H,2,4,7-8,10H2,1,3H3/t17-/m1/s1. The first-order valence-corrected chi connectivity index (χ1v) is 8.84. The van der Waals surface area contributed by atoms with Gasteiger partial charge >= 0.3 is 0 Å². The van der Waals surface area contributed by atoms with Crippen LogP contribution in [0.1, 0.15) is 26.7 Å². The van der Waals surface area contributed by atoms with Crippen LogP contribution in [0.4, 0.5) is 5.69 Å². The van der Waals surface area contributed by atoms with Gasteiger partial charge in [-0.3, -0.25) is 14.5 Å². The lowest BCUT2D eigenvalue weighted by molar-refractivity contribution is -0.133. The Hall–Kier alpha value is -1.46. The summed E-state index contributed by atoms with van der Waals surface area (Å²) in [4.78, 5) is 29.2. The number of anilines is 1. The van der Waals surface area contributed by atoms with Crippen molar-refractivity contribution < 1.29 is 9.59 Å². The van der Waals surface area contributed by atoms with Crippen LogP contribution in [0.3, 0.4) is 0 Å². The van der Waals surface area contributed by atoms with E-state index in [0.717, 1.165) is 16.2 Å². The largest absolute Gasteiger partial charge is 0.336 e. The van der Waals surface area contributed by atoms with E-state index in [1.165, 1.54) is 11.8 Å². The number of rotatable bonds is 4. The first-order chi connectivity index (χ1) is 10.9. The molecule has 1 fully saturated rings. The summed E-state index contributed by atoms with van der Waals surface area (Å²) in [6.07, 6.45) is 0.906. The first-order valence-electron chi connectivity index (χ1n) is 7.64. The molecule has 1 aromatic rings. The van der Waals surface area contributed by atoms with Crippen molar-refractivity contribution in [3.05, 3.63) is 35.4 Å². The van der Waals surface area contributed by atoms with Crippen molar-refractivity contribution in [3.63, 3.8) is 0 Å². The van der Waals surface area contributed by atoms with E-state index in [-0.39, 0.29) is 11.8 Å². The molecule has 0 unspecified atom stereocenters. The van der Waals surface area contributed by atoms with Gasteiger partial charge in [-0.15, -0.1) is 0 Å². The van der Waals surface area contributed by atoms with Gasteiger partial charge in [0.2, 0.25) is 5.91 Å². The third kappa shape index (κ3) is 2.56. The van der Waals surface area contributed by atoms with Gasteiger partial charge in [-0.2, -0.15) is 0 Å². The van der Waals surface area contributed by atoms with Gasteiger partial charge in [0.25, 0.3) is 5.91 Å². The molecule has 0 N–H and O–H groups in total. The summed E-state index contributed by atoms with van der Waals surface area (Å²) in [5, 5.41) is 0.571. The maximum atomic E-state index is 13.3. The van der Waals surface area contributed by atoms with Crippen molar-refractivity contribution >= 4 is 40.9 Å². The third-order valence-corrected chi connectivity index (χ3v) is 5.89. The van der Waals surface area contributed by atoms with E-state index in [4.69, 9.17) is 11.6 Å². The van der Waals surface area contributed by atoms with E-state index >= 15 is 0 Å². The van der Waals surface area contributed by atoms with Crippen LogP contribution in [0.15, 0.2) is 35.2 Å². The zero-order valence-corrected chi connectivity index (χ0v) is 14.8. The van der Waals surface area contributed by atoms with E-state index in [0.29, 0.717) is 31.0 Å². The molecule has 0 saturated carbocycles. The minimum absolute atomic E-state index is 0.0155. The molecule has 0 radical (unpaired) electrons. The molecule has 2 aliphatic heterocycles. The Morgan fingerprint density at radius 1 is 1.52 bits per heavy atom. The van der Waals surface area contributed by atoms with Gasteiger partial charge in [-0.1, -0.05) is 35.5 Å². The van der Waals surface area contributed by atoms with E-state index in [9.17, 15) is 9.59 Å². The lowest BCUT2D eigenvalue weighted by atomic mass is 10.1. The minimum atomic E-state index is -0.866. The summed E-state index contributed by atoms with van der Waals surface area (Å²) < 4.78 is 0. The van der Waals surface area contributed by atoms with Crippen molar-refractivity contribution in [2.24, 2.45) is 0 Å². The zero-order chi connectivity index (χ0) is 16.8. The molecule has 0 bridgehead atoms. The monoisotopic (exact) mass is 350 g/mol. The van der Waals surface area contributed by atoms with Crippen molar-refractivity contribution in [2.45, 2.75) is 36.5 Å². The normalized spacial score (nSPS) is 22.0. The maximum absolute atomic E-state index is 13.3. The van der Waals surface area contributed by atoms with E-state index in [2.05, 4.69) is 6.58 Å². The second kappa shape index (κ2) is 5.87. The first kappa shape index (κ1) is 16.4. The Morgan fingerprint density at radius 2 is 2.26 bits per heavy atom. The highest BCUT2D eigenvalue weighted by molar-refractivity contribution is 8.02. The Labute approximate surface area is 145 Å². The Kier molecular flexibility index (Phi) is 4.19. The highest BCUT2D eigenvalue weighted by Gasteiger charge is 2.58. The number of thioether (sulfide) groups is 1. The van der Waals surface area contributed by atoms with Crippen LogP contribution in [0.2, 0.25) is 5.02 Å². The van der Waals surface area contributed by atoms with Gasteiger partial charge in [-0.25, -0.2) is 0 Å². The second-order valence-electron chi connectivity index (χ2n) is 6.00. The highest BCUT2D eigenvalue weighted by Crippen LogP contribution is 2.56. The molecule has 1 aromatic carbocycles. The van der Waals surface area contributed by atoms with Crippen LogP contribution in [0.25, 0.3) is 0 Å². The number of amides is 2. The maximum Gasteiger partial charge on any atom is 0.260 e. The number of carbonyl (C=O) groups excluding carboxylic acids is 2. The molecule has 0 aromatic heterocycles. The number of fused-ring (bicyclic) bond motifs is 3. The summed E-state index contributed by atoms with van der Waals surface area (Å²) in [6.45, 7) is 8.85. The Balaban J connectivity index is 2.02. The quantitative estimate of drug-likeness (QED) is 0.777. The number of benzene rings is 1. The smallest absolute Gasteiger partial charge is 0.260 e. The molecule has 4 nitrogen and oxygen atoms in total. The SMILES string of the molecule is C=C(C)CN(CC)C(=O)[C@]12CCC(=O)N1c1cc(Cl)ccc1S2. The van der Waals surface area contributed by atoms with Crippen LogP contribution in [0, 0.1) is 0 Å². The Morgan fingerprint density at radius 3 is 2.91 bits per heavy atom. The van der Waals surface area contributed by atoms with Crippen molar-refractivity contribution in [1.82, 2.24) is 4.90 Å². The van der Waals surface area contributed by atoms with Gasteiger partial charge in [0, 0.05) is 29.4 Å². The number of hydrogen-bond acceptors (Lipinski definition) is 3. The number of carbonyl (C=O) groups is 2. The lowest BCUT2D eigenvalue weighted by Crippen LogP contribution is -2.54. The van der Waals surface area contributed by atoms with E-state index in [1.807, 2.05) is 19.9 Å². The lowest BCUT2D eigenvalue weighted by Gasteiger charge is -2.35. The molecular weight excluding hydrogens is 332 g/mol. The molecule has 1 saturated heterocycles. The fourth-order valence-corrected chi connectivity index (χ4v) is 4.84. The Bertz CT molecular complexity index is 706. The summed E-state index contributed by atoms with van der Waals surface area (Å²) in [6, 6.07) is 5.46. The van der Waals surface area contributed by atoms with E-state index < -0.39 is 4.87 Å². The fourth-order valence-electron chi connectivity index (χ4n) is 3.21. The zero-order valence-electron chi connectivity index (χ0n) is 13.3. The van der Waals surface area contributed by atoms with Crippen molar-refractivity contribution in [1.29, 1.82) is 0 Å². The molecule has 2 aliphatic rings. The minimum Gasteiger partial charge on any atom is -0.336 e. The molecule has 2 heterocycles. The molecule has 2 amide bonds. The van der Waals surface area contributed by atoms with Crippen LogP contribution >= 0.6 is 23.4 Å². The van der Waals surface area contributed by atoms with E-state index in [1.54, 1.807) is 21.9 Å². The second-order valence-corrected chi connectivity index (χ2v) is 7.76. The van der Waals surface area contributed by atoms with Gasteiger partial charge in [0.05, 0.1) is 5.69 Å². The molecule has 6 heteroatoms. The number of likely N-dealkylation sites (N-methyl/N-ethyl adjacent to an activating group) is 1. The molecule has 23 heavy (non-hydrogen) atoms. The average molecular weight is 351 g/mol. The van der Waals surface area contributed by atoms with Crippen molar-refractivity contribution in [3.8, 4) is 0 Å². The predicted octanol–water partition coefficient (Wildman–Crippen LogP) is 3.69. The molecular formula is C17H19ClN2O2S.